The predicted molar refractivity (Wildman–Crippen MR) is 121 cm³/mol. The van der Waals surface area contributed by atoms with Crippen LogP contribution in [0, 0.1) is 5.82 Å². The molecule has 2 aromatic carbocycles. The van der Waals surface area contributed by atoms with Crippen molar-refractivity contribution in [2.45, 2.75) is 19.5 Å². The van der Waals surface area contributed by atoms with E-state index in [2.05, 4.69) is 20.3 Å². The summed E-state index contributed by atoms with van der Waals surface area (Å²) in [4.78, 5) is 38.0. The van der Waals surface area contributed by atoms with Crippen molar-refractivity contribution in [3.05, 3.63) is 99.7 Å². The van der Waals surface area contributed by atoms with Gasteiger partial charge in [0.1, 0.15) is 12.1 Å². The number of fused-ring (bicyclic) bond motifs is 1. The molecule has 2 aromatic heterocycles. The molecule has 0 radical (unpaired) electrons. The van der Waals surface area contributed by atoms with E-state index < -0.39 is 17.9 Å². The number of hydrogen-bond acceptors (Lipinski definition) is 4. The average Bonchev–Trinajstić information content (AvgIpc) is 2.80. The molecule has 162 valence electrons. The molecule has 1 atom stereocenters. The number of halogens is 2. The Morgan fingerprint density at radius 3 is 2.72 bits per heavy atom. The second-order valence-corrected chi connectivity index (χ2v) is 7.59. The van der Waals surface area contributed by atoms with Gasteiger partial charge in [0.25, 0.3) is 5.56 Å². The number of carbonyl (C=O) groups is 1. The van der Waals surface area contributed by atoms with Crippen LogP contribution in [-0.4, -0.2) is 25.9 Å². The monoisotopic (exact) mass is 451 g/mol. The third-order valence-corrected chi connectivity index (χ3v) is 5.46. The Hall–Kier alpha value is -3.78. The summed E-state index contributed by atoms with van der Waals surface area (Å²) in [5, 5.41) is 3.94. The SMILES string of the molecule is C[C@@H](c1c[nH]c(=O)c2ccccc12)N(Cc1ccncn1)C(=O)Nc1ccc(F)c(Cl)c1. The third kappa shape index (κ3) is 4.45. The van der Waals surface area contributed by atoms with Gasteiger partial charge < -0.3 is 15.2 Å². The Morgan fingerprint density at radius 2 is 2.00 bits per heavy atom. The lowest BCUT2D eigenvalue weighted by molar-refractivity contribution is 0.188. The van der Waals surface area contributed by atoms with E-state index in [4.69, 9.17) is 11.6 Å². The summed E-state index contributed by atoms with van der Waals surface area (Å²) in [6.07, 6.45) is 4.62. The van der Waals surface area contributed by atoms with Crippen molar-refractivity contribution in [3.63, 3.8) is 0 Å². The van der Waals surface area contributed by atoms with Crippen LogP contribution in [0.3, 0.4) is 0 Å². The van der Waals surface area contributed by atoms with Crippen molar-refractivity contribution in [1.29, 1.82) is 0 Å². The van der Waals surface area contributed by atoms with E-state index in [9.17, 15) is 14.0 Å². The standard InChI is InChI=1S/C23H19ClFN5O2/c1-14(19-11-27-22(31)18-5-3-2-4-17(18)19)30(12-16-8-9-26-13-28-16)23(32)29-15-6-7-21(25)20(24)10-15/h2-11,13-14H,12H2,1H3,(H,27,31)(H,29,32)/t14-/m0/s1. The highest BCUT2D eigenvalue weighted by Gasteiger charge is 2.25. The minimum atomic E-state index is -0.574. The largest absolute Gasteiger partial charge is 0.328 e. The molecule has 4 rings (SSSR count). The minimum Gasteiger partial charge on any atom is -0.328 e. The Morgan fingerprint density at radius 1 is 1.22 bits per heavy atom. The molecule has 4 aromatic rings. The number of H-pyrrole nitrogens is 1. The van der Waals surface area contributed by atoms with Gasteiger partial charge in [0.2, 0.25) is 0 Å². The summed E-state index contributed by atoms with van der Waals surface area (Å²) in [7, 11) is 0. The van der Waals surface area contributed by atoms with Gasteiger partial charge in [0.05, 0.1) is 23.3 Å². The van der Waals surface area contributed by atoms with Crippen LogP contribution < -0.4 is 10.9 Å². The molecule has 0 saturated heterocycles. The molecule has 0 bridgehead atoms. The van der Waals surface area contributed by atoms with Gasteiger partial charge >= 0.3 is 6.03 Å². The number of carbonyl (C=O) groups excluding carboxylic acids is 1. The van der Waals surface area contributed by atoms with E-state index in [1.54, 1.807) is 35.5 Å². The van der Waals surface area contributed by atoms with Gasteiger partial charge in [-0.3, -0.25) is 4.79 Å². The van der Waals surface area contributed by atoms with Crippen LogP contribution in [0.5, 0.6) is 0 Å². The quantitative estimate of drug-likeness (QED) is 0.451. The van der Waals surface area contributed by atoms with E-state index in [0.717, 1.165) is 10.9 Å². The topological polar surface area (TPSA) is 91.0 Å². The number of aromatic nitrogens is 3. The van der Waals surface area contributed by atoms with Crippen LogP contribution in [0.1, 0.15) is 24.2 Å². The van der Waals surface area contributed by atoms with Gasteiger partial charge in [0, 0.05) is 23.5 Å². The minimum absolute atomic E-state index is 0.0928. The van der Waals surface area contributed by atoms with E-state index in [1.807, 2.05) is 19.1 Å². The fourth-order valence-electron chi connectivity index (χ4n) is 3.49. The Balaban J connectivity index is 1.72. The van der Waals surface area contributed by atoms with Crippen LogP contribution in [-0.2, 0) is 6.54 Å². The summed E-state index contributed by atoms with van der Waals surface area (Å²) in [5.74, 6) is -0.574. The number of rotatable bonds is 5. The van der Waals surface area contributed by atoms with Crippen LogP contribution in [0.25, 0.3) is 10.8 Å². The molecule has 0 aliphatic rings. The summed E-state index contributed by atoms with van der Waals surface area (Å²) in [6.45, 7) is 2.04. The van der Waals surface area contributed by atoms with Crippen molar-refractivity contribution < 1.29 is 9.18 Å². The van der Waals surface area contributed by atoms with Gasteiger partial charge in [-0.2, -0.15) is 0 Å². The van der Waals surface area contributed by atoms with Gasteiger partial charge in [-0.15, -0.1) is 0 Å². The zero-order valence-corrected chi connectivity index (χ0v) is 17.8. The molecule has 0 aliphatic carbocycles. The number of urea groups is 1. The number of amides is 2. The molecular weight excluding hydrogens is 433 g/mol. The lowest BCUT2D eigenvalue weighted by Gasteiger charge is -2.30. The highest BCUT2D eigenvalue weighted by Crippen LogP contribution is 2.28. The zero-order valence-electron chi connectivity index (χ0n) is 17.0. The molecule has 0 fully saturated rings. The smallest absolute Gasteiger partial charge is 0.322 e. The summed E-state index contributed by atoms with van der Waals surface area (Å²) in [5.41, 5.74) is 1.55. The van der Waals surface area contributed by atoms with Gasteiger partial charge in [-0.1, -0.05) is 29.8 Å². The lowest BCUT2D eigenvalue weighted by Crippen LogP contribution is -2.37. The zero-order chi connectivity index (χ0) is 22.7. The third-order valence-electron chi connectivity index (χ3n) is 5.17. The Kier molecular flexibility index (Phi) is 6.13. The molecule has 2 N–H and O–H groups in total. The predicted octanol–water partition coefficient (Wildman–Crippen LogP) is 4.91. The van der Waals surface area contributed by atoms with Crippen LogP contribution >= 0.6 is 11.6 Å². The molecule has 7 nitrogen and oxygen atoms in total. The van der Waals surface area contributed by atoms with Crippen molar-refractivity contribution >= 4 is 34.1 Å². The highest BCUT2D eigenvalue weighted by molar-refractivity contribution is 6.31. The Labute approximate surface area is 187 Å². The number of benzene rings is 2. The Bertz CT molecular complexity index is 1330. The number of aromatic amines is 1. The molecule has 0 spiro atoms. The maximum Gasteiger partial charge on any atom is 0.322 e. The molecule has 0 unspecified atom stereocenters. The summed E-state index contributed by atoms with van der Waals surface area (Å²) >= 11 is 5.85. The summed E-state index contributed by atoms with van der Waals surface area (Å²) < 4.78 is 13.5. The number of nitrogens with one attached hydrogen (secondary N) is 2. The van der Waals surface area contributed by atoms with E-state index >= 15 is 0 Å². The second kappa shape index (κ2) is 9.15. The first-order valence-corrected chi connectivity index (χ1v) is 10.2. The molecule has 0 aliphatic heterocycles. The fourth-order valence-corrected chi connectivity index (χ4v) is 3.67. The van der Waals surface area contributed by atoms with E-state index in [-0.39, 0.29) is 17.1 Å². The normalized spacial score (nSPS) is 11.8. The summed E-state index contributed by atoms with van der Waals surface area (Å²) in [6, 6.07) is 12.0. The highest BCUT2D eigenvalue weighted by atomic mass is 35.5. The average molecular weight is 452 g/mol. The number of nitrogens with zero attached hydrogens (tertiary/aromatic N) is 3. The molecular formula is C23H19ClFN5O2. The van der Waals surface area contributed by atoms with Crippen LogP contribution in [0.4, 0.5) is 14.9 Å². The van der Waals surface area contributed by atoms with Crippen molar-refractivity contribution in [2.75, 3.05) is 5.32 Å². The van der Waals surface area contributed by atoms with Gasteiger partial charge in [-0.05, 0) is 48.2 Å². The second-order valence-electron chi connectivity index (χ2n) is 7.18. The maximum atomic E-state index is 13.5. The molecule has 0 saturated carbocycles. The van der Waals surface area contributed by atoms with E-state index in [1.165, 1.54) is 24.5 Å². The molecule has 2 amide bonds. The molecule has 9 heteroatoms. The number of pyridine rings is 1. The van der Waals surface area contributed by atoms with Crippen molar-refractivity contribution in [2.24, 2.45) is 0 Å². The first kappa shape index (κ1) is 21.5. The number of hydrogen-bond donors (Lipinski definition) is 2. The first-order valence-electron chi connectivity index (χ1n) is 9.82. The number of anilines is 1. The van der Waals surface area contributed by atoms with Gasteiger partial charge in [-0.25, -0.2) is 19.2 Å². The van der Waals surface area contributed by atoms with Crippen molar-refractivity contribution in [1.82, 2.24) is 19.9 Å². The molecule has 2 heterocycles. The van der Waals surface area contributed by atoms with E-state index in [0.29, 0.717) is 16.8 Å². The molecule has 32 heavy (non-hydrogen) atoms. The lowest BCUT2D eigenvalue weighted by atomic mass is 10.0. The van der Waals surface area contributed by atoms with Crippen molar-refractivity contribution in [3.8, 4) is 0 Å². The van der Waals surface area contributed by atoms with Gasteiger partial charge in [0.15, 0.2) is 0 Å². The van der Waals surface area contributed by atoms with Crippen LogP contribution in [0.2, 0.25) is 5.02 Å². The maximum absolute atomic E-state index is 13.5. The fraction of sp³-hybridized carbons (Fsp3) is 0.130. The van der Waals surface area contributed by atoms with Crippen LogP contribution in [0.15, 0.2) is 72.0 Å². The first-order chi connectivity index (χ1) is 15.4.